The lowest BCUT2D eigenvalue weighted by Crippen LogP contribution is -2.37. The molecule has 166 valence electrons. The lowest BCUT2D eigenvalue weighted by Gasteiger charge is -2.28. The summed E-state index contributed by atoms with van der Waals surface area (Å²) in [5, 5.41) is 7.99. The molecule has 6 heteroatoms. The summed E-state index contributed by atoms with van der Waals surface area (Å²) in [5.41, 5.74) is 3.73. The van der Waals surface area contributed by atoms with Crippen molar-refractivity contribution >= 4 is 5.91 Å². The van der Waals surface area contributed by atoms with Gasteiger partial charge in [0.1, 0.15) is 11.4 Å². The molecule has 3 aromatic rings. The molecule has 0 bridgehead atoms. The second kappa shape index (κ2) is 9.17. The van der Waals surface area contributed by atoms with Gasteiger partial charge in [-0.25, -0.2) is 4.68 Å². The van der Waals surface area contributed by atoms with Gasteiger partial charge in [0.25, 0.3) is 5.91 Å². The highest BCUT2D eigenvalue weighted by atomic mass is 16.5. The predicted molar refractivity (Wildman–Crippen MR) is 124 cm³/mol. The standard InChI is InChI=1S/C26H30N4O2/c1-32-22-13-11-20(12-14-22)25(29-15-5-6-16-29)18-27-26(31)24-17-23(19-9-10-19)28-30(24)21-7-3-2-4-8-21/h2-4,7-8,11-14,17,19,25H,5-6,9-10,15-16,18H2,1H3,(H,27,31)/t25-/m0/s1. The summed E-state index contributed by atoms with van der Waals surface area (Å²) in [5.74, 6) is 1.26. The highest BCUT2D eigenvalue weighted by Crippen LogP contribution is 2.39. The molecule has 32 heavy (non-hydrogen) atoms. The zero-order chi connectivity index (χ0) is 21.9. The van der Waals surface area contributed by atoms with Crippen LogP contribution in [0.15, 0.2) is 60.7 Å². The molecule has 1 aromatic heterocycles. The van der Waals surface area contributed by atoms with Gasteiger partial charge in [0, 0.05) is 12.5 Å². The topological polar surface area (TPSA) is 59.4 Å². The normalized spacial score (nSPS) is 17.3. The van der Waals surface area contributed by atoms with Gasteiger partial charge in [0.05, 0.1) is 24.5 Å². The second-order valence-electron chi connectivity index (χ2n) is 8.72. The van der Waals surface area contributed by atoms with Crippen LogP contribution in [0.3, 0.4) is 0 Å². The Labute approximate surface area is 189 Å². The highest BCUT2D eigenvalue weighted by Gasteiger charge is 2.30. The van der Waals surface area contributed by atoms with E-state index < -0.39 is 0 Å². The van der Waals surface area contributed by atoms with Crippen molar-refractivity contribution < 1.29 is 9.53 Å². The molecule has 2 aromatic carbocycles. The zero-order valence-electron chi connectivity index (χ0n) is 18.5. The van der Waals surface area contributed by atoms with Crippen LogP contribution in [0.4, 0.5) is 0 Å². The first-order valence-corrected chi connectivity index (χ1v) is 11.5. The van der Waals surface area contributed by atoms with E-state index in [9.17, 15) is 4.79 Å². The monoisotopic (exact) mass is 430 g/mol. The van der Waals surface area contributed by atoms with Gasteiger partial charge >= 0.3 is 0 Å². The third kappa shape index (κ3) is 4.41. The summed E-state index contributed by atoms with van der Waals surface area (Å²) in [7, 11) is 1.68. The fourth-order valence-electron chi connectivity index (χ4n) is 4.52. The van der Waals surface area contributed by atoms with Crippen molar-refractivity contribution in [2.24, 2.45) is 0 Å². The molecule has 2 aliphatic rings. The number of carbonyl (C=O) groups is 1. The average molecular weight is 431 g/mol. The zero-order valence-corrected chi connectivity index (χ0v) is 18.5. The minimum absolute atomic E-state index is 0.0778. The van der Waals surface area contributed by atoms with Crippen LogP contribution in [-0.4, -0.2) is 47.3 Å². The van der Waals surface area contributed by atoms with E-state index in [1.807, 2.05) is 48.5 Å². The SMILES string of the molecule is COc1ccc([C@H](CNC(=O)c2cc(C3CC3)nn2-c2ccccc2)N2CCCC2)cc1. The van der Waals surface area contributed by atoms with Gasteiger partial charge in [-0.1, -0.05) is 30.3 Å². The molecule has 5 rings (SSSR count). The van der Waals surface area contributed by atoms with Crippen molar-refractivity contribution in [1.29, 1.82) is 0 Å². The summed E-state index contributed by atoms with van der Waals surface area (Å²) in [6.07, 6.45) is 4.71. The third-order valence-electron chi connectivity index (χ3n) is 6.50. The number of hydrogen-bond acceptors (Lipinski definition) is 4. The molecule has 0 unspecified atom stereocenters. The average Bonchev–Trinajstić information content (AvgIpc) is 3.36. The van der Waals surface area contributed by atoms with Gasteiger partial charge in [0.15, 0.2) is 0 Å². The smallest absolute Gasteiger partial charge is 0.270 e. The van der Waals surface area contributed by atoms with Crippen molar-refractivity contribution in [2.75, 3.05) is 26.7 Å². The van der Waals surface area contributed by atoms with E-state index in [0.717, 1.165) is 43.1 Å². The van der Waals surface area contributed by atoms with E-state index in [1.54, 1.807) is 11.8 Å². The van der Waals surface area contributed by atoms with E-state index in [0.29, 0.717) is 18.2 Å². The number of methoxy groups -OCH3 is 1. The number of ether oxygens (including phenoxy) is 1. The Hall–Kier alpha value is -3.12. The molecular formula is C26H30N4O2. The number of nitrogens with one attached hydrogen (secondary N) is 1. The van der Waals surface area contributed by atoms with Gasteiger partial charge in [0.2, 0.25) is 0 Å². The lowest BCUT2D eigenvalue weighted by atomic mass is 10.1. The second-order valence-corrected chi connectivity index (χ2v) is 8.72. The summed E-state index contributed by atoms with van der Waals surface area (Å²) >= 11 is 0. The minimum Gasteiger partial charge on any atom is -0.497 e. The van der Waals surface area contributed by atoms with Gasteiger partial charge in [-0.05, 0) is 74.7 Å². The van der Waals surface area contributed by atoms with Crippen LogP contribution in [0.1, 0.15) is 59.4 Å². The number of likely N-dealkylation sites (tertiary alicyclic amines) is 1. The van der Waals surface area contributed by atoms with E-state index in [1.165, 1.54) is 18.4 Å². The first kappa shape index (κ1) is 20.8. The number of rotatable bonds is 8. The van der Waals surface area contributed by atoms with Crippen molar-refractivity contribution in [3.05, 3.63) is 77.6 Å². The largest absolute Gasteiger partial charge is 0.497 e. The molecule has 0 spiro atoms. The van der Waals surface area contributed by atoms with Crippen molar-refractivity contribution in [3.8, 4) is 11.4 Å². The Morgan fingerprint density at radius 3 is 2.47 bits per heavy atom. The molecule has 1 aliphatic carbocycles. The number of nitrogens with zero attached hydrogens (tertiary/aromatic N) is 3. The van der Waals surface area contributed by atoms with Crippen molar-refractivity contribution in [1.82, 2.24) is 20.0 Å². The van der Waals surface area contributed by atoms with E-state index in [-0.39, 0.29) is 11.9 Å². The maximum atomic E-state index is 13.3. The Bertz CT molecular complexity index is 1050. The summed E-state index contributed by atoms with van der Waals surface area (Å²) in [6, 6.07) is 20.2. The highest BCUT2D eigenvalue weighted by molar-refractivity contribution is 5.93. The molecule has 1 saturated heterocycles. The first-order valence-electron chi connectivity index (χ1n) is 11.5. The van der Waals surface area contributed by atoms with Gasteiger partial charge in [-0.15, -0.1) is 0 Å². The number of aromatic nitrogens is 2. The number of hydrogen-bond donors (Lipinski definition) is 1. The van der Waals surface area contributed by atoms with Crippen LogP contribution in [0.2, 0.25) is 0 Å². The molecule has 6 nitrogen and oxygen atoms in total. The Morgan fingerprint density at radius 2 is 1.81 bits per heavy atom. The maximum Gasteiger partial charge on any atom is 0.270 e. The fraction of sp³-hybridized carbons (Fsp3) is 0.385. The maximum absolute atomic E-state index is 13.3. The third-order valence-corrected chi connectivity index (χ3v) is 6.50. The number of carbonyl (C=O) groups excluding carboxylic acids is 1. The van der Waals surface area contributed by atoms with E-state index in [4.69, 9.17) is 9.84 Å². The Morgan fingerprint density at radius 1 is 1.09 bits per heavy atom. The molecule has 1 atom stereocenters. The lowest BCUT2D eigenvalue weighted by molar-refractivity contribution is 0.0930. The van der Waals surface area contributed by atoms with E-state index >= 15 is 0 Å². The van der Waals surface area contributed by atoms with Crippen LogP contribution >= 0.6 is 0 Å². The Balaban J connectivity index is 1.37. The van der Waals surface area contributed by atoms with Gasteiger partial charge < -0.3 is 10.1 Å². The molecule has 0 radical (unpaired) electrons. The van der Waals surface area contributed by atoms with Crippen LogP contribution < -0.4 is 10.1 Å². The Kier molecular flexibility index (Phi) is 5.95. The van der Waals surface area contributed by atoms with Crippen LogP contribution in [0, 0.1) is 0 Å². The van der Waals surface area contributed by atoms with Crippen LogP contribution in [0.25, 0.3) is 5.69 Å². The van der Waals surface area contributed by atoms with Gasteiger partial charge in [-0.2, -0.15) is 5.10 Å². The quantitative estimate of drug-likeness (QED) is 0.578. The molecule has 2 heterocycles. The van der Waals surface area contributed by atoms with Gasteiger partial charge in [-0.3, -0.25) is 9.69 Å². The molecule has 1 N–H and O–H groups in total. The minimum atomic E-state index is -0.0778. The molecule has 2 fully saturated rings. The molecule has 1 saturated carbocycles. The van der Waals surface area contributed by atoms with Crippen molar-refractivity contribution in [2.45, 2.75) is 37.6 Å². The van der Waals surface area contributed by atoms with E-state index in [2.05, 4.69) is 22.3 Å². The van der Waals surface area contributed by atoms with Crippen LogP contribution in [0.5, 0.6) is 5.75 Å². The first-order chi connectivity index (χ1) is 15.7. The summed E-state index contributed by atoms with van der Waals surface area (Å²) < 4.78 is 7.11. The summed E-state index contributed by atoms with van der Waals surface area (Å²) in [4.78, 5) is 15.8. The molecular weight excluding hydrogens is 400 g/mol. The number of para-hydroxylation sites is 1. The summed E-state index contributed by atoms with van der Waals surface area (Å²) in [6.45, 7) is 2.67. The van der Waals surface area contributed by atoms with Crippen LogP contribution in [-0.2, 0) is 0 Å². The molecule has 1 aliphatic heterocycles. The van der Waals surface area contributed by atoms with Crippen molar-refractivity contribution in [3.63, 3.8) is 0 Å². The fourth-order valence-corrected chi connectivity index (χ4v) is 4.52. The number of benzene rings is 2. The number of amides is 1. The predicted octanol–water partition coefficient (Wildman–Crippen LogP) is 4.33. The molecule has 1 amide bonds.